The van der Waals surface area contributed by atoms with Crippen molar-refractivity contribution in [3.63, 3.8) is 0 Å². The molecule has 0 aliphatic carbocycles. The summed E-state index contributed by atoms with van der Waals surface area (Å²) in [7, 11) is 0. The molecule has 0 bridgehead atoms. The van der Waals surface area contributed by atoms with E-state index in [1.54, 1.807) is 36.4 Å². The predicted molar refractivity (Wildman–Crippen MR) is 148 cm³/mol. The van der Waals surface area contributed by atoms with E-state index in [1.807, 2.05) is 19.1 Å². The van der Waals surface area contributed by atoms with Crippen LogP contribution in [0.25, 0.3) is 0 Å². The second-order valence-electron chi connectivity index (χ2n) is 7.24. The zero-order valence-electron chi connectivity index (χ0n) is 18.6. The summed E-state index contributed by atoms with van der Waals surface area (Å²) in [5, 5.41) is 9.27. The van der Waals surface area contributed by atoms with E-state index in [4.69, 9.17) is 27.9 Å². The summed E-state index contributed by atoms with van der Waals surface area (Å²) in [6.45, 7) is 1.66. The van der Waals surface area contributed by atoms with Crippen molar-refractivity contribution in [1.82, 2.24) is 5.43 Å². The number of nitrogens with zero attached hydrogens (tertiary/aromatic N) is 1. The van der Waals surface area contributed by atoms with E-state index >= 15 is 0 Å². The smallest absolute Gasteiger partial charge is 0.329 e. The fourth-order valence-corrected chi connectivity index (χ4v) is 3.78. The number of ether oxygens (including phenoxy) is 1. The first-order valence-corrected chi connectivity index (χ1v) is 12.5. The van der Waals surface area contributed by atoms with E-state index in [2.05, 4.69) is 53.0 Å². The Hall–Kier alpha value is -2.92. The molecule has 0 aromatic heterocycles. The molecule has 0 radical (unpaired) electrons. The maximum atomic E-state index is 12.3. The Kier molecular flexibility index (Phi) is 9.89. The number of aryl methyl sites for hydroxylation is 1. The number of carbonyl (C=O) groups excluding carboxylic acids is 3. The van der Waals surface area contributed by atoms with Crippen LogP contribution in [0.1, 0.15) is 11.1 Å². The largest absolute Gasteiger partial charge is 0.483 e. The van der Waals surface area contributed by atoms with E-state index < -0.39 is 11.8 Å². The van der Waals surface area contributed by atoms with Gasteiger partial charge >= 0.3 is 11.8 Å². The van der Waals surface area contributed by atoms with E-state index in [0.29, 0.717) is 21.5 Å². The lowest BCUT2D eigenvalue weighted by atomic mass is 10.2. The van der Waals surface area contributed by atoms with Gasteiger partial charge in [0.15, 0.2) is 6.61 Å². The van der Waals surface area contributed by atoms with Gasteiger partial charge in [-0.3, -0.25) is 14.4 Å². The summed E-state index contributed by atoms with van der Waals surface area (Å²) in [5.74, 6) is -2.02. The fourth-order valence-electron chi connectivity index (χ4n) is 2.81. The van der Waals surface area contributed by atoms with Crippen LogP contribution in [-0.2, 0) is 14.4 Å². The van der Waals surface area contributed by atoms with E-state index in [0.717, 1.165) is 10.0 Å². The molecule has 0 aliphatic heterocycles. The van der Waals surface area contributed by atoms with Crippen LogP contribution in [0, 0.1) is 6.92 Å². The molecule has 3 aromatic rings. The fraction of sp³-hybridized carbons (Fsp3) is 0.0833. The van der Waals surface area contributed by atoms with Crippen LogP contribution in [0.15, 0.2) is 68.6 Å². The summed E-state index contributed by atoms with van der Waals surface area (Å²) < 4.78 is 7.29. The summed E-state index contributed by atoms with van der Waals surface area (Å²) in [6, 6.07) is 15.1. The summed E-state index contributed by atoms with van der Waals surface area (Å²) in [5.41, 5.74) is 4.39. The number of hydrogen-bond donors (Lipinski definition) is 3. The van der Waals surface area contributed by atoms with Crippen LogP contribution in [0.2, 0.25) is 10.0 Å². The summed E-state index contributed by atoms with van der Waals surface area (Å²) in [6.07, 6.45) is 1.29. The highest BCUT2D eigenvalue weighted by atomic mass is 79.9. The molecule has 0 saturated heterocycles. The van der Waals surface area contributed by atoms with Crippen molar-refractivity contribution in [3.8, 4) is 5.75 Å². The number of anilines is 2. The third-order valence-electron chi connectivity index (χ3n) is 4.55. The van der Waals surface area contributed by atoms with Crippen LogP contribution in [0.5, 0.6) is 5.75 Å². The highest BCUT2D eigenvalue weighted by Crippen LogP contribution is 2.29. The second-order valence-corrected chi connectivity index (χ2v) is 9.79. The average Bonchev–Trinajstić information content (AvgIpc) is 2.83. The standard InChI is InChI=1S/C24H18Br2Cl2N4O4/c1-13-9-16(6-7-17(13)26)30-21(33)12-36-20-8-5-15(25)10-14(20)11-29-32-24(35)23(34)31-19-4-2-3-18(27)22(19)28/h2-11H,12H2,1H3,(H,30,33)(H,31,34)(H,32,35)/b29-11-. The third kappa shape index (κ3) is 7.79. The normalized spacial score (nSPS) is 10.7. The van der Waals surface area contributed by atoms with Gasteiger partial charge in [0.05, 0.1) is 21.9 Å². The minimum atomic E-state index is -1.02. The number of hydrogen-bond acceptors (Lipinski definition) is 5. The molecule has 0 saturated carbocycles. The topological polar surface area (TPSA) is 109 Å². The number of benzene rings is 3. The van der Waals surface area contributed by atoms with Crippen molar-refractivity contribution in [3.05, 3.63) is 84.7 Å². The van der Waals surface area contributed by atoms with Gasteiger partial charge in [-0.2, -0.15) is 5.10 Å². The van der Waals surface area contributed by atoms with Crippen molar-refractivity contribution in [2.24, 2.45) is 5.10 Å². The Labute approximate surface area is 233 Å². The average molecular weight is 657 g/mol. The molecule has 3 aromatic carbocycles. The second kappa shape index (κ2) is 12.9. The van der Waals surface area contributed by atoms with Crippen molar-refractivity contribution in [2.75, 3.05) is 17.2 Å². The molecule has 0 spiro atoms. The monoisotopic (exact) mass is 654 g/mol. The number of hydrazone groups is 1. The third-order valence-corrected chi connectivity index (χ3v) is 6.75. The Balaban J connectivity index is 1.59. The minimum Gasteiger partial charge on any atom is -0.483 e. The van der Waals surface area contributed by atoms with Crippen molar-refractivity contribution < 1.29 is 19.1 Å². The SMILES string of the molecule is Cc1cc(NC(=O)COc2ccc(Br)cc2/C=N\NC(=O)C(=O)Nc2cccc(Cl)c2Cl)ccc1Br. The van der Waals surface area contributed by atoms with Gasteiger partial charge in [-0.25, -0.2) is 5.43 Å². The lowest BCUT2D eigenvalue weighted by Gasteiger charge is -2.11. The molecule has 186 valence electrons. The van der Waals surface area contributed by atoms with Crippen LogP contribution < -0.4 is 20.8 Å². The first-order chi connectivity index (χ1) is 17.1. The maximum Gasteiger partial charge on any atom is 0.329 e. The van der Waals surface area contributed by atoms with Crippen LogP contribution in [-0.4, -0.2) is 30.5 Å². The van der Waals surface area contributed by atoms with Gasteiger partial charge in [-0.15, -0.1) is 0 Å². The highest BCUT2D eigenvalue weighted by molar-refractivity contribution is 9.10. The first-order valence-electron chi connectivity index (χ1n) is 10.2. The van der Waals surface area contributed by atoms with Crippen molar-refractivity contribution in [1.29, 1.82) is 0 Å². The Morgan fingerprint density at radius 3 is 2.53 bits per heavy atom. The van der Waals surface area contributed by atoms with E-state index in [9.17, 15) is 14.4 Å². The number of amides is 3. The molecule has 0 aliphatic rings. The van der Waals surface area contributed by atoms with E-state index in [-0.39, 0.29) is 28.2 Å². The molecule has 0 unspecified atom stereocenters. The van der Waals surface area contributed by atoms with Gasteiger partial charge in [0, 0.05) is 20.2 Å². The molecule has 0 heterocycles. The highest BCUT2D eigenvalue weighted by Gasteiger charge is 2.15. The zero-order chi connectivity index (χ0) is 26.2. The molecule has 3 amide bonds. The minimum absolute atomic E-state index is 0.110. The van der Waals surface area contributed by atoms with Gasteiger partial charge in [-0.1, -0.05) is 61.1 Å². The first kappa shape index (κ1) is 27.7. The predicted octanol–water partition coefficient (Wildman–Crippen LogP) is 5.93. The number of nitrogens with one attached hydrogen (secondary N) is 3. The Bertz CT molecular complexity index is 1350. The van der Waals surface area contributed by atoms with Gasteiger partial charge in [0.1, 0.15) is 5.75 Å². The molecule has 3 rings (SSSR count). The van der Waals surface area contributed by atoms with Crippen molar-refractivity contribution >= 4 is 90.4 Å². The van der Waals surface area contributed by atoms with Gasteiger partial charge in [0.2, 0.25) is 0 Å². The quantitative estimate of drug-likeness (QED) is 0.166. The molecule has 12 heteroatoms. The molecule has 3 N–H and O–H groups in total. The Morgan fingerprint density at radius 1 is 1.00 bits per heavy atom. The number of carbonyl (C=O) groups is 3. The summed E-state index contributed by atoms with van der Waals surface area (Å²) in [4.78, 5) is 36.6. The molecule has 8 nitrogen and oxygen atoms in total. The summed E-state index contributed by atoms with van der Waals surface area (Å²) >= 11 is 18.7. The number of rotatable bonds is 7. The van der Waals surface area contributed by atoms with Gasteiger partial charge < -0.3 is 15.4 Å². The van der Waals surface area contributed by atoms with Crippen LogP contribution in [0.4, 0.5) is 11.4 Å². The van der Waals surface area contributed by atoms with Gasteiger partial charge in [-0.05, 0) is 61.0 Å². The zero-order valence-corrected chi connectivity index (χ0v) is 23.3. The number of halogens is 4. The van der Waals surface area contributed by atoms with E-state index in [1.165, 1.54) is 12.3 Å². The van der Waals surface area contributed by atoms with Crippen LogP contribution >= 0.6 is 55.1 Å². The molecule has 36 heavy (non-hydrogen) atoms. The Morgan fingerprint density at radius 2 is 1.78 bits per heavy atom. The molecule has 0 atom stereocenters. The molecular weight excluding hydrogens is 639 g/mol. The molecular formula is C24H18Br2Cl2N4O4. The molecule has 0 fully saturated rings. The van der Waals surface area contributed by atoms with Crippen molar-refractivity contribution in [2.45, 2.75) is 6.92 Å². The maximum absolute atomic E-state index is 12.3. The van der Waals surface area contributed by atoms with Crippen LogP contribution in [0.3, 0.4) is 0 Å². The lowest BCUT2D eigenvalue weighted by molar-refractivity contribution is -0.136. The van der Waals surface area contributed by atoms with Gasteiger partial charge in [0.25, 0.3) is 5.91 Å². The lowest BCUT2D eigenvalue weighted by Crippen LogP contribution is -2.32.